The molecule has 1 amide bonds. The van der Waals surface area contributed by atoms with Gasteiger partial charge in [0, 0.05) is 40.9 Å². The summed E-state index contributed by atoms with van der Waals surface area (Å²) in [5.41, 5.74) is 2.67. The van der Waals surface area contributed by atoms with E-state index in [0.29, 0.717) is 5.95 Å². The summed E-state index contributed by atoms with van der Waals surface area (Å²) in [5.74, 6) is 0.568. The molecule has 148 valence electrons. The Kier molecular flexibility index (Phi) is 5.71. The molecular weight excluding hydrogens is 384 g/mol. The van der Waals surface area contributed by atoms with Crippen molar-refractivity contribution in [2.75, 3.05) is 16.8 Å². The third-order valence-electron chi connectivity index (χ3n) is 4.66. The minimum absolute atomic E-state index is 0.0343. The van der Waals surface area contributed by atoms with Crippen molar-refractivity contribution in [1.29, 1.82) is 0 Å². The van der Waals surface area contributed by atoms with Crippen LogP contribution in [0.1, 0.15) is 24.2 Å². The fraction of sp³-hybridized carbons (Fsp3) is 0.286. The number of hydrogen-bond donors (Lipinski definition) is 1. The third-order valence-corrected chi connectivity index (χ3v) is 5.53. The standard InChI is InChI=1S/C21H22N6OS/c1-14-13-15(2)25-21(24-14)29-17-8-6-16(7-9-17)26-19(28)18-5-3-12-27(18)20-22-10-4-11-23-20/h4,6-11,13,18H,3,5,12H2,1-2H3,(H,26,28). The van der Waals surface area contributed by atoms with Crippen LogP contribution < -0.4 is 10.2 Å². The zero-order chi connectivity index (χ0) is 20.2. The topological polar surface area (TPSA) is 83.9 Å². The van der Waals surface area contributed by atoms with Crippen molar-refractivity contribution in [3.8, 4) is 0 Å². The number of nitrogens with zero attached hydrogens (tertiary/aromatic N) is 5. The second-order valence-electron chi connectivity index (χ2n) is 6.95. The molecule has 7 nitrogen and oxygen atoms in total. The van der Waals surface area contributed by atoms with Gasteiger partial charge in [-0.25, -0.2) is 19.9 Å². The van der Waals surface area contributed by atoms with Crippen LogP contribution in [0.15, 0.2) is 58.8 Å². The Morgan fingerprint density at radius 2 is 1.79 bits per heavy atom. The summed E-state index contributed by atoms with van der Waals surface area (Å²) < 4.78 is 0. The maximum Gasteiger partial charge on any atom is 0.247 e. The predicted molar refractivity (Wildman–Crippen MR) is 113 cm³/mol. The molecular formula is C21H22N6OS. The summed E-state index contributed by atoms with van der Waals surface area (Å²) >= 11 is 1.51. The van der Waals surface area contributed by atoms with E-state index >= 15 is 0 Å². The van der Waals surface area contributed by atoms with E-state index in [2.05, 4.69) is 25.3 Å². The van der Waals surface area contributed by atoms with Crippen molar-refractivity contribution in [1.82, 2.24) is 19.9 Å². The summed E-state index contributed by atoms with van der Waals surface area (Å²) in [6.45, 7) is 4.71. The Bertz CT molecular complexity index is 976. The Labute approximate surface area is 174 Å². The van der Waals surface area contributed by atoms with Crippen molar-refractivity contribution in [3.05, 3.63) is 60.2 Å². The van der Waals surface area contributed by atoms with Gasteiger partial charge in [0.2, 0.25) is 11.9 Å². The lowest BCUT2D eigenvalue weighted by atomic mass is 10.2. The van der Waals surface area contributed by atoms with Gasteiger partial charge in [-0.05, 0) is 74.8 Å². The van der Waals surface area contributed by atoms with Gasteiger partial charge in [0.05, 0.1) is 0 Å². The van der Waals surface area contributed by atoms with Crippen LogP contribution in [0.2, 0.25) is 0 Å². The van der Waals surface area contributed by atoms with E-state index in [0.717, 1.165) is 46.5 Å². The normalized spacial score (nSPS) is 16.1. The van der Waals surface area contributed by atoms with Crippen LogP contribution >= 0.6 is 11.8 Å². The highest BCUT2D eigenvalue weighted by Crippen LogP contribution is 2.27. The molecule has 1 unspecified atom stereocenters. The molecule has 0 radical (unpaired) electrons. The number of amides is 1. The number of aromatic nitrogens is 4. The van der Waals surface area contributed by atoms with Crippen LogP contribution in [0, 0.1) is 13.8 Å². The van der Waals surface area contributed by atoms with Crippen molar-refractivity contribution >= 4 is 29.3 Å². The molecule has 1 N–H and O–H groups in total. The van der Waals surface area contributed by atoms with Crippen LogP contribution in [-0.4, -0.2) is 38.4 Å². The fourth-order valence-electron chi connectivity index (χ4n) is 3.39. The Morgan fingerprint density at radius 3 is 2.48 bits per heavy atom. The molecule has 1 atom stereocenters. The smallest absolute Gasteiger partial charge is 0.247 e. The Balaban J connectivity index is 1.41. The lowest BCUT2D eigenvalue weighted by Gasteiger charge is -2.23. The van der Waals surface area contributed by atoms with Gasteiger partial charge in [0.15, 0.2) is 5.16 Å². The molecule has 0 bridgehead atoms. The molecule has 1 aromatic carbocycles. The van der Waals surface area contributed by atoms with Gasteiger partial charge in [-0.2, -0.15) is 0 Å². The van der Waals surface area contributed by atoms with Gasteiger partial charge in [0.25, 0.3) is 0 Å². The molecule has 1 aliphatic rings. The number of anilines is 2. The summed E-state index contributed by atoms with van der Waals surface area (Å²) in [4.78, 5) is 33.3. The van der Waals surface area contributed by atoms with Crippen LogP contribution in [0.4, 0.5) is 11.6 Å². The summed E-state index contributed by atoms with van der Waals surface area (Å²) in [6, 6.07) is 11.2. The first-order chi connectivity index (χ1) is 14.1. The van der Waals surface area contributed by atoms with Crippen LogP contribution in [0.5, 0.6) is 0 Å². The number of hydrogen-bond acceptors (Lipinski definition) is 7. The zero-order valence-electron chi connectivity index (χ0n) is 16.4. The van der Waals surface area contributed by atoms with Gasteiger partial charge in [-0.3, -0.25) is 4.79 Å². The van der Waals surface area contributed by atoms with Crippen molar-refractivity contribution in [3.63, 3.8) is 0 Å². The highest BCUT2D eigenvalue weighted by Gasteiger charge is 2.32. The first kappa shape index (κ1) is 19.3. The van der Waals surface area contributed by atoms with Gasteiger partial charge >= 0.3 is 0 Å². The quantitative estimate of drug-likeness (QED) is 0.648. The Hall–Kier alpha value is -3.00. The van der Waals surface area contributed by atoms with Crippen molar-refractivity contribution in [2.24, 2.45) is 0 Å². The van der Waals surface area contributed by atoms with E-state index in [9.17, 15) is 4.79 Å². The monoisotopic (exact) mass is 406 g/mol. The number of carbonyl (C=O) groups excluding carboxylic acids is 1. The molecule has 0 spiro atoms. The highest BCUT2D eigenvalue weighted by atomic mass is 32.2. The van der Waals surface area contributed by atoms with E-state index in [-0.39, 0.29) is 11.9 Å². The molecule has 29 heavy (non-hydrogen) atoms. The third kappa shape index (κ3) is 4.71. The predicted octanol–water partition coefficient (Wildman–Crippen LogP) is 3.64. The lowest BCUT2D eigenvalue weighted by molar-refractivity contribution is -0.117. The van der Waals surface area contributed by atoms with E-state index in [1.165, 1.54) is 11.8 Å². The first-order valence-electron chi connectivity index (χ1n) is 9.53. The molecule has 3 aromatic rings. The molecule has 3 heterocycles. The van der Waals surface area contributed by atoms with Gasteiger partial charge in [-0.1, -0.05) is 0 Å². The van der Waals surface area contributed by atoms with E-state index in [4.69, 9.17) is 0 Å². The van der Waals surface area contributed by atoms with Gasteiger partial charge in [-0.15, -0.1) is 0 Å². The molecule has 1 fully saturated rings. The van der Waals surface area contributed by atoms with E-state index in [1.807, 2.05) is 49.1 Å². The largest absolute Gasteiger partial charge is 0.329 e. The van der Waals surface area contributed by atoms with Gasteiger partial charge < -0.3 is 10.2 Å². The highest BCUT2D eigenvalue weighted by molar-refractivity contribution is 7.99. The van der Waals surface area contributed by atoms with E-state index in [1.54, 1.807) is 18.5 Å². The van der Waals surface area contributed by atoms with Crippen molar-refractivity contribution in [2.45, 2.75) is 42.8 Å². The number of rotatable bonds is 5. The number of benzene rings is 1. The van der Waals surface area contributed by atoms with Crippen LogP contribution in [0.25, 0.3) is 0 Å². The lowest BCUT2D eigenvalue weighted by Crippen LogP contribution is -2.40. The SMILES string of the molecule is Cc1cc(C)nc(Sc2ccc(NC(=O)C3CCCN3c3ncccn3)cc2)n1. The summed E-state index contributed by atoms with van der Waals surface area (Å²) in [5, 5.41) is 3.74. The molecule has 8 heteroatoms. The number of carbonyl (C=O) groups is 1. The average Bonchev–Trinajstić information content (AvgIpc) is 3.19. The Morgan fingerprint density at radius 1 is 1.10 bits per heavy atom. The first-order valence-corrected chi connectivity index (χ1v) is 10.3. The summed E-state index contributed by atoms with van der Waals surface area (Å²) in [7, 11) is 0. The molecule has 0 saturated carbocycles. The second kappa shape index (κ2) is 8.57. The molecule has 0 aliphatic carbocycles. The minimum atomic E-state index is -0.255. The van der Waals surface area contributed by atoms with Crippen LogP contribution in [-0.2, 0) is 4.79 Å². The number of aryl methyl sites for hydroxylation is 2. The van der Waals surface area contributed by atoms with E-state index < -0.39 is 0 Å². The average molecular weight is 407 g/mol. The number of nitrogens with one attached hydrogen (secondary N) is 1. The molecule has 1 saturated heterocycles. The molecule has 4 rings (SSSR count). The zero-order valence-corrected chi connectivity index (χ0v) is 17.2. The fourth-order valence-corrected chi connectivity index (χ4v) is 4.26. The maximum atomic E-state index is 12.8. The minimum Gasteiger partial charge on any atom is -0.329 e. The maximum absolute atomic E-state index is 12.8. The van der Waals surface area contributed by atoms with Crippen molar-refractivity contribution < 1.29 is 4.79 Å². The molecule has 1 aliphatic heterocycles. The van der Waals surface area contributed by atoms with Crippen LogP contribution in [0.3, 0.4) is 0 Å². The van der Waals surface area contributed by atoms with Gasteiger partial charge in [0.1, 0.15) is 6.04 Å². The second-order valence-corrected chi connectivity index (χ2v) is 7.99. The molecule has 2 aromatic heterocycles. The summed E-state index contributed by atoms with van der Waals surface area (Å²) in [6.07, 6.45) is 5.14.